The Hall–Kier alpha value is -2.57. The van der Waals surface area contributed by atoms with E-state index in [0.717, 1.165) is 12.8 Å². The Morgan fingerprint density at radius 3 is 2.27 bits per heavy atom. The molecule has 0 saturated heterocycles. The average Bonchev–Trinajstić information content (AvgIpc) is 3.03. The second-order valence-electron chi connectivity index (χ2n) is 4.68. The van der Waals surface area contributed by atoms with Gasteiger partial charge < -0.3 is 9.47 Å². The van der Waals surface area contributed by atoms with Crippen LogP contribution in [-0.2, 0) is 0 Å². The van der Waals surface area contributed by atoms with Crippen LogP contribution in [-0.4, -0.2) is 34.3 Å². The third-order valence-corrected chi connectivity index (χ3v) is 2.73. The van der Waals surface area contributed by atoms with Gasteiger partial charge in [-0.15, -0.1) is 0 Å². The molecule has 1 heterocycles. The minimum absolute atomic E-state index is 0.293. The summed E-state index contributed by atoms with van der Waals surface area (Å²) in [6.45, 7) is 5.21. The Balaban J connectivity index is 2.17. The van der Waals surface area contributed by atoms with E-state index < -0.39 is 0 Å². The molecular formula is C15H20N4O3. The molecule has 2 aromatic rings. The largest absolute Gasteiger partial charge is 0.493 e. The SMILES string of the molecule is CCCOc1cc(OCCC)cc(C(=O)Nc2ncn[nH]2)c1. The summed E-state index contributed by atoms with van der Waals surface area (Å²) in [7, 11) is 0. The number of aromatic amines is 1. The highest BCUT2D eigenvalue weighted by molar-refractivity contribution is 6.03. The predicted molar refractivity (Wildman–Crippen MR) is 82.3 cm³/mol. The Bertz CT molecular complexity index is 573. The molecule has 22 heavy (non-hydrogen) atoms. The molecule has 7 nitrogen and oxygen atoms in total. The highest BCUT2D eigenvalue weighted by Crippen LogP contribution is 2.24. The molecule has 2 rings (SSSR count). The van der Waals surface area contributed by atoms with Crippen molar-refractivity contribution < 1.29 is 14.3 Å². The molecule has 1 aromatic heterocycles. The number of hydrogen-bond acceptors (Lipinski definition) is 5. The number of benzene rings is 1. The minimum Gasteiger partial charge on any atom is -0.493 e. The summed E-state index contributed by atoms with van der Waals surface area (Å²) in [6.07, 6.45) is 3.10. The second-order valence-corrected chi connectivity index (χ2v) is 4.68. The summed E-state index contributed by atoms with van der Waals surface area (Å²) in [6, 6.07) is 5.15. The van der Waals surface area contributed by atoms with Gasteiger partial charge in [0, 0.05) is 11.6 Å². The van der Waals surface area contributed by atoms with Gasteiger partial charge in [-0.1, -0.05) is 13.8 Å². The molecule has 0 spiro atoms. The highest BCUT2D eigenvalue weighted by Gasteiger charge is 2.12. The fourth-order valence-corrected chi connectivity index (χ4v) is 1.75. The van der Waals surface area contributed by atoms with Gasteiger partial charge in [0.25, 0.3) is 5.91 Å². The maximum atomic E-state index is 12.3. The van der Waals surface area contributed by atoms with Gasteiger partial charge in [0.1, 0.15) is 17.8 Å². The maximum absolute atomic E-state index is 12.3. The molecule has 2 N–H and O–H groups in total. The van der Waals surface area contributed by atoms with Crippen molar-refractivity contribution in [1.82, 2.24) is 15.2 Å². The first-order valence-electron chi connectivity index (χ1n) is 7.30. The first kappa shape index (κ1) is 15.8. The summed E-state index contributed by atoms with van der Waals surface area (Å²) in [5.41, 5.74) is 0.441. The van der Waals surface area contributed by atoms with Gasteiger partial charge in [-0.25, -0.2) is 5.10 Å². The molecule has 0 fully saturated rings. The topological polar surface area (TPSA) is 89.1 Å². The van der Waals surface area contributed by atoms with Crippen LogP contribution in [0.1, 0.15) is 37.0 Å². The van der Waals surface area contributed by atoms with E-state index in [1.165, 1.54) is 6.33 Å². The summed E-state index contributed by atoms with van der Waals surface area (Å²) >= 11 is 0. The predicted octanol–water partition coefficient (Wildman–Crippen LogP) is 2.63. The maximum Gasteiger partial charge on any atom is 0.258 e. The first-order valence-corrected chi connectivity index (χ1v) is 7.30. The van der Waals surface area contributed by atoms with E-state index >= 15 is 0 Å². The van der Waals surface area contributed by atoms with E-state index in [-0.39, 0.29) is 5.91 Å². The van der Waals surface area contributed by atoms with Crippen molar-refractivity contribution in [3.8, 4) is 11.5 Å². The second kappa shape index (κ2) is 8.02. The number of hydrogen-bond donors (Lipinski definition) is 2. The van der Waals surface area contributed by atoms with Crippen LogP contribution < -0.4 is 14.8 Å². The monoisotopic (exact) mass is 304 g/mol. The van der Waals surface area contributed by atoms with Crippen molar-refractivity contribution in [2.24, 2.45) is 0 Å². The molecule has 1 aromatic carbocycles. The van der Waals surface area contributed by atoms with E-state index in [9.17, 15) is 4.79 Å². The number of H-pyrrole nitrogens is 1. The number of carbonyl (C=O) groups is 1. The zero-order valence-corrected chi connectivity index (χ0v) is 12.8. The lowest BCUT2D eigenvalue weighted by molar-refractivity contribution is 0.102. The number of amides is 1. The van der Waals surface area contributed by atoms with Crippen molar-refractivity contribution in [2.75, 3.05) is 18.5 Å². The van der Waals surface area contributed by atoms with Crippen molar-refractivity contribution >= 4 is 11.9 Å². The van der Waals surface area contributed by atoms with E-state index in [1.54, 1.807) is 18.2 Å². The number of nitrogens with zero attached hydrogens (tertiary/aromatic N) is 2. The number of ether oxygens (including phenoxy) is 2. The molecule has 7 heteroatoms. The highest BCUT2D eigenvalue weighted by atomic mass is 16.5. The van der Waals surface area contributed by atoms with E-state index in [1.807, 2.05) is 13.8 Å². The average molecular weight is 304 g/mol. The Morgan fingerprint density at radius 2 is 1.77 bits per heavy atom. The molecule has 0 aliphatic carbocycles. The van der Waals surface area contributed by atoms with Gasteiger partial charge in [0.15, 0.2) is 0 Å². The molecule has 1 amide bonds. The van der Waals surface area contributed by atoms with Crippen molar-refractivity contribution in [3.63, 3.8) is 0 Å². The first-order chi connectivity index (χ1) is 10.7. The van der Waals surface area contributed by atoms with Gasteiger partial charge in [0.2, 0.25) is 5.95 Å². The van der Waals surface area contributed by atoms with Crippen LogP contribution in [0, 0.1) is 0 Å². The van der Waals surface area contributed by atoms with Crippen molar-refractivity contribution in [3.05, 3.63) is 30.1 Å². The number of carbonyl (C=O) groups excluding carboxylic acids is 1. The number of anilines is 1. The number of rotatable bonds is 8. The summed E-state index contributed by atoms with van der Waals surface area (Å²) in [5, 5.41) is 8.89. The smallest absolute Gasteiger partial charge is 0.258 e. The lowest BCUT2D eigenvalue weighted by atomic mass is 10.2. The molecular weight excluding hydrogens is 284 g/mol. The van der Waals surface area contributed by atoms with Gasteiger partial charge in [-0.2, -0.15) is 10.1 Å². The van der Waals surface area contributed by atoms with Gasteiger partial charge in [-0.05, 0) is 25.0 Å². The minimum atomic E-state index is -0.306. The van der Waals surface area contributed by atoms with Crippen LogP contribution in [0.2, 0.25) is 0 Å². The molecule has 0 aliphatic heterocycles. The van der Waals surface area contributed by atoms with Crippen molar-refractivity contribution in [2.45, 2.75) is 26.7 Å². The number of aromatic nitrogens is 3. The van der Waals surface area contributed by atoms with Crippen LogP contribution in [0.15, 0.2) is 24.5 Å². The lowest BCUT2D eigenvalue weighted by Gasteiger charge is -2.11. The van der Waals surface area contributed by atoms with E-state index in [0.29, 0.717) is 36.2 Å². The molecule has 0 unspecified atom stereocenters. The molecule has 0 radical (unpaired) electrons. The summed E-state index contributed by atoms with van der Waals surface area (Å²) < 4.78 is 11.2. The van der Waals surface area contributed by atoms with Crippen LogP contribution in [0.3, 0.4) is 0 Å². The van der Waals surface area contributed by atoms with E-state index in [2.05, 4.69) is 20.5 Å². The third-order valence-electron chi connectivity index (χ3n) is 2.73. The number of nitrogens with one attached hydrogen (secondary N) is 2. The standard InChI is InChI=1S/C15H20N4O3/c1-3-5-21-12-7-11(8-13(9-12)22-6-4-2)14(20)18-15-16-10-17-19-15/h7-10H,3-6H2,1-2H3,(H2,16,17,18,19,20). The third kappa shape index (κ3) is 4.47. The Labute approximate surface area is 129 Å². The van der Waals surface area contributed by atoms with Gasteiger partial charge in [-0.3, -0.25) is 10.1 Å². The molecule has 118 valence electrons. The molecule has 0 saturated carbocycles. The van der Waals surface area contributed by atoms with Crippen LogP contribution in [0.4, 0.5) is 5.95 Å². The zero-order valence-electron chi connectivity index (χ0n) is 12.8. The normalized spacial score (nSPS) is 10.3. The lowest BCUT2D eigenvalue weighted by Crippen LogP contribution is -2.13. The van der Waals surface area contributed by atoms with Crippen LogP contribution >= 0.6 is 0 Å². The van der Waals surface area contributed by atoms with Gasteiger partial charge >= 0.3 is 0 Å². The zero-order chi connectivity index (χ0) is 15.8. The molecule has 0 atom stereocenters. The fourth-order valence-electron chi connectivity index (χ4n) is 1.75. The van der Waals surface area contributed by atoms with Gasteiger partial charge in [0.05, 0.1) is 13.2 Å². The molecule has 0 aliphatic rings. The molecule has 0 bridgehead atoms. The fraction of sp³-hybridized carbons (Fsp3) is 0.400. The van der Waals surface area contributed by atoms with Crippen LogP contribution in [0.5, 0.6) is 11.5 Å². The van der Waals surface area contributed by atoms with E-state index in [4.69, 9.17) is 9.47 Å². The van der Waals surface area contributed by atoms with Crippen molar-refractivity contribution in [1.29, 1.82) is 0 Å². The Kier molecular flexibility index (Phi) is 5.76. The quantitative estimate of drug-likeness (QED) is 0.782. The Morgan fingerprint density at radius 1 is 1.14 bits per heavy atom. The van der Waals surface area contributed by atoms with Crippen LogP contribution in [0.25, 0.3) is 0 Å². The summed E-state index contributed by atoms with van der Waals surface area (Å²) in [5.74, 6) is 1.21. The summed E-state index contributed by atoms with van der Waals surface area (Å²) in [4.78, 5) is 16.1.